The van der Waals surface area contributed by atoms with Crippen LogP contribution in [-0.2, 0) is 4.79 Å². The molecule has 3 rings (SSSR count). The Kier molecular flexibility index (Phi) is 4.79. The second-order valence-corrected chi connectivity index (χ2v) is 7.00. The zero-order valence-electron chi connectivity index (χ0n) is 13.1. The Bertz CT molecular complexity index is 490. The molecule has 5 N–H and O–H groups in total. The molecule has 4 nitrogen and oxygen atoms in total. The van der Waals surface area contributed by atoms with E-state index < -0.39 is 0 Å². The molecule has 120 valence electrons. The number of fused-ring (bicyclic) bond motifs is 2. The van der Waals surface area contributed by atoms with Crippen molar-refractivity contribution in [3.05, 3.63) is 35.9 Å². The van der Waals surface area contributed by atoms with E-state index in [9.17, 15) is 4.79 Å². The summed E-state index contributed by atoms with van der Waals surface area (Å²) >= 11 is 0. The molecule has 1 amide bonds. The first kappa shape index (κ1) is 15.5. The van der Waals surface area contributed by atoms with Crippen LogP contribution in [-0.4, -0.2) is 18.0 Å². The summed E-state index contributed by atoms with van der Waals surface area (Å²) in [5.41, 5.74) is 13.3. The SMILES string of the molecule is NC1CC2CCCC(C1)C2NC(=O)CC(N)c1ccccc1. The van der Waals surface area contributed by atoms with E-state index in [2.05, 4.69) is 5.32 Å². The number of carbonyl (C=O) groups excluding carboxylic acids is 1. The molecular weight excluding hydrogens is 274 g/mol. The van der Waals surface area contributed by atoms with Crippen molar-refractivity contribution < 1.29 is 4.79 Å². The molecule has 3 unspecified atom stereocenters. The number of carbonyl (C=O) groups is 1. The second kappa shape index (κ2) is 6.80. The van der Waals surface area contributed by atoms with Gasteiger partial charge in [0.2, 0.25) is 5.91 Å². The maximum absolute atomic E-state index is 12.4. The summed E-state index contributed by atoms with van der Waals surface area (Å²) in [6.45, 7) is 0. The van der Waals surface area contributed by atoms with Crippen LogP contribution >= 0.6 is 0 Å². The van der Waals surface area contributed by atoms with E-state index in [-0.39, 0.29) is 11.9 Å². The minimum atomic E-state index is -0.230. The molecule has 2 bridgehead atoms. The van der Waals surface area contributed by atoms with Crippen LogP contribution in [0.15, 0.2) is 30.3 Å². The first-order valence-corrected chi connectivity index (χ1v) is 8.49. The lowest BCUT2D eigenvalue weighted by atomic mass is 9.67. The van der Waals surface area contributed by atoms with Crippen molar-refractivity contribution in [1.82, 2.24) is 5.32 Å². The summed E-state index contributed by atoms with van der Waals surface area (Å²) in [5, 5.41) is 3.27. The van der Waals surface area contributed by atoms with Crippen molar-refractivity contribution in [2.45, 2.75) is 56.7 Å². The van der Waals surface area contributed by atoms with Crippen LogP contribution < -0.4 is 16.8 Å². The molecule has 0 saturated heterocycles. The number of amides is 1. The van der Waals surface area contributed by atoms with Crippen molar-refractivity contribution in [3.63, 3.8) is 0 Å². The van der Waals surface area contributed by atoms with Gasteiger partial charge in [0, 0.05) is 24.5 Å². The van der Waals surface area contributed by atoms with Crippen LogP contribution in [0.1, 0.15) is 50.1 Å². The molecule has 0 heterocycles. The van der Waals surface area contributed by atoms with Gasteiger partial charge in [0.15, 0.2) is 0 Å². The number of hydrogen-bond donors (Lipinski definition) is 3. The van der Waals surface area contributed by atoms with E-state index in [0.717, 1.165) is 18.4 Å². The van der Waals surface area contributed by atoms with Gasteiger partial charge in [-0.05, 0) is 43.1 Å². The van der Waals surface area contributed by atoms with Gasteiger partial charge in [-0.25, -0.2) is 0 Å². The molecule has 2 aliphatic rings. The maximum atomic E-state index is 12.4. The maximum Gasteiger partial charge on any atom is 0.222 e. The summed E-state index contributed by atoms with van der Waals surface area (Å²) in [7, 11) is 0. The van der Waals surface area contributed by atoms with Crippen molar-refractivity contribution in [1.29, 1.82) is 0 Å². The second-order valence-electron chi connectivity index (χ2n) is 7.00. The quantitative estimate of drug-likeness (QED) is 0.796. The van der Waals surface area contributed by atoms with Crippen LogP contribution in [0.2, 0.25) is 0 Å². The molecule has 0 aliphatic heterocycles. The Balaban J connectivity index is 1.57. The largest absolute Gasteiger partial charge is 0.353 e. The molecular formula is C18H27N3O. The normalized spacial score (nSPS) is 32.3. The van der Waals surface area contributed by atoms with Crippen molar-refractivity contribution >= 4 is 5.91 Å². The van der Waals surface area contributed by atoms with Gasteiger partial charge in [-0.2, -0.15) is 0 Å². The van der Waals surface area contributed by atoms with Crippen LogP contribution in [0, 0.1) is 11.8 Å². The van der Waals surface area contributed by atoms with Crippen molar-refractivity contribution in [2.75, 3.05) is 0 Å². The van der Waals surface area contributed by atoms with Gasteiger partial charge in [0.25, 0.3) is 0 Å². The van der Waals surface area contributed by atoms with E-state index in [1.807, 2.05) is 30.3 Å². The first-order valence-electron chi connectivity index (χ1n) is 8.49. The molecule has 0 spiro atoms. The highest BCUT2D eigenvalue weighted by Crippen LogP contribution is 2.39. The third-order valence-electron chi connectivity index (χ3n) is 5.34. The highest BCUT2D eigenvalue weighted by atomic mass is 16.1. The van der Waals surface area contributed by atoms with E-state index in [0.29, 0.717) is 30.3 Å². The smallest absolute Gasteiger partial charge is 0.222 e. The molecule has 0 radical (unpaired) electrons. The first-order chi connectivity index (χ1) is 10.6. The lowest BCUT2D eigenvalue weighted by Gasteiger charge is -2.45. The summed E-state index contributed by atoms with van der Waals surface area (Å²) < 4.78 is 0. The minimum Gasteiger partial charge on any atom is -0.353 e. The van der Waals surface area contributed by atoms with Crippen molar-refractivity contribution in [2.24, 2.45) is 23.3 Å². The average Bonchev–Trinajstić information content (AvgIpc) is 2.49. The third kappa shape index (κ3) is 3.50. The molecule has 1 aromatic carbocycles. The van der Waals surface area contributed by atoms with Gasteiger partial charge in [-0.3, -0.25) is 4.79 Å². The molecule has 22 heavy (non-hydrogen) atoms. The monoisotopic (exact) mass is 301 g/mol. The molecule has 2 aliphatic carbocycles. The van der Waals surface area contributed by atoms with Gasteiger partial charge in [-0.1, -0.05) is 36.8 Å². The summed E-state index contributed by atoms with van der Waals surface area (Å²) in [4.78, 5) is 12.4. The van der Waals surface area contributed by atoms with Gasteiger partial charge in [-0.15, -0.1) is 0 Å². The number of benzene rings is 1. The van der Waals surface area contributed by atoms with Crippen molar-refractivity contribution in [3.8, 4) is 0 Å². The molecule has 2 saturated carbocycles. The van der Waals surface area contributed by atoms with E-state index in [4.69, 9.17) is 11.5 Å². The zero-order valence-corrected chi connectivity index (χ0v) is 13.1. The number of rotatable bonds is 4. The summed E-state index contributed by atoms with van der Waals surface area (Å²) in [5.74, 6) is 1.19. The third-order valence-corrected chi connectivity index (χ3v) is 5.34. The van der Waals surface area contributed by atoms with Gasteiger partial charge in [0.1, 0.15) is 0 Å². The van der Waals surface area contributed by atoms with Gasteiger partial charge < -0.3 is 16.8 Å². The predicted octanol–water partition coefficient (Wildman–Crippen LogP) is 2.10. The molecule has 1 aromatic rings. The van der Waals surface area contributed by atoms with E-state index >= 15 is 0 Å². The van der Waals surface area contributed by atoms with E-state index in [1.165, 1.54) is 19.3 Å². The van der Waals surface area contributed by atoms with E-state index in [1.54, 1.807) is 0 Å². The molecule has 2 fully saturated rings. The van der Waals surface area contributed by atoms with Gasteiger partial charge in [0.05, 0.1) is 0 Å². The Morgan fingerprint density at radius 1 is 1.18 bits per heavy atom. The van der Waals surface area contributed by atoms with Crippen LogP contribution in [0.5, 0.6) is 0 Å². The molecule has 3 atom stereocenters. The van der Waals surface area contributed by atoms with Crippen LogP contribution in [0.3, 0.4) is 0 Å². The fourth-order valence-electron chi connectivity index (χ4n) is 4.29. The number of hydrogen-bond acceptors (Lipinski definition) is 3. The lowest BCUT2D eigenvalue weighted by Crippen LogP contribution is -2.53. The van der Waals surface area contributed by atoms with Crippen LogP contribution in [0.4, 0.5) is 0 Å². The summed E-state index contributed by atoms with van der Waals surface area (Å²) in [6, 6.07) is 10.2. The fourth-order valence-corrected chi connectivity index (χ4v) is 4.29. The standard InChI is InChI=1S/C18H27N3O/c19-15-9-13-7-4-8-14(10-15)18(13)21-17(22)11-16(20)12-5-2-1-3-6-12/h1-3,5-6,13-16,18H,4,7-11,19-20H2,(H,21,22). The Morgan fingerprint density at radius 2 is 1.82 bits per heavy atom. The molecule has 4 heteroatoms. The highest BCUT2D eigenvalue weighted by molar-refractivity contribution is 5.77. The minimum absolute atomic E-state index is 0.0775. The zero-order chi connectivity index (χ0) is 15.5. The van der Waals surface area contributed by atoms with Crippen LogP contribution in [0.25, 0.3) is 0 Å². The van der Waals surface area contributed by atoms with Gasteiger partial charge >= 0.3 is 0 Å². The Hall–Kier alpha value is -1.39. The fraction of sp³-hybridized carbons (Fsp3) is 0.611. The molecule has 0 aromatic heterocycles. The topological polar surface area (TPSA) is 81.1 Å². The average molecular weight is 301 g/mol. The Labute approximate surface area is 132 Å². The predicted molar refractivity (Wildman–Crippen MR) is 88.0 cm³/mol. The Morgan fingerprint density at radius 3 is 2.45 bits per heavy atom. The number of nitrogens with one attached hydrogen (secondary N) is 1. The lowest BCUT2D eigenvalue weighted by molar-refractivity contribution is -0.123. The summed E-state index contributed by atoms with van der Waals surface area (Å²) in [6.07, 6.45) is 6.11. The number of nitrogens with two attached hydrogens (primary N) is 2. The highest BCUT2D eigenvalue weighted by Gasteiger charge is 2.39.